The molecule has 1 aliphatic heterocycles. The molecule has 0 fully saturated rings. The minimum Gasteiger partial charge on any atom is -0.488 e. The Labute approximate surface area is 88.0 Å². The molecule has 0 bridgehead atoms. The molecule has 0 saturated carbocycles. The Morgan fingerprint density at radius 3 is 3.13 bits per heavy atom. The Balaban J connectivity index is 2.08. The maximum atomic E-state index is 10.8. The van der Waals surface area contributed by atoms with Crippen LogP contribution in [0.5, 0.6) is 0 Å². The molecule has 0 aromatic carbocycles. The monoisotopic (exact) mass is 229 g/mol. The summed E-state index contributed by atoms with van der Waals surface area (Å²) in [5.74, 6) is 0.504. The number of rotatable bonds is 3. The summed E-state index contributed by atoms with van der Waals surface area (Å²) in [6.45, 7) is 0.377. The fourth-order valence-electron chi connectivity index (χ4n) is 1.28. The van der Waals surface area contributed by atoms with E-state index in [4.69, 9.17) is 4.74 Å². The Bertz CT molecular complexity index is 486. The molecule has 0 aliphatic carbocycles. The molecule has 0 saturated heterocycles. The van der Waals surface area contributed by atoms with E-state index >= 15 is 0 Å². The van der Waals surface area contributed by atoms with E-state index in [1.54, 1.807) is 6.20 Å². The van der Waals surface area contributed by atoms with Crippen molar-refractivity contribution in [3.8, 4) is 0 Å². The molecule has 1 aromatic heterocycles. The molecule has 0 amide bonds. The molecule has 82 valence electrons. The second-order valence-corrected chi connectivity index (χ2v) is 4.90. The van der Waals surface area contributed by atoms with Gasteiger partial charge in [-0.3, -0.25) is 4.18 Å². The molecular weight excluding hydrogens is 218 g/mol. The second-order valence-electron chi connectivity index (χ2n) is 3.26. The Kier molecular flexibility index (Phi) is 2.54. The molecule has 0 radical (unpaired) electrons. The SMILES string of the molecule is CS(=O)(=O)OCC1=Cn2cccc2CO1. The minimum atomic E-state index is -3.42. The summed E-state index contributed by atoms with van der Waals surface area (Å²) < 4.78 is 33.3. The summed E-state index contributed by atoms with van der Waals surface area (Å²) in [7, 11) is -3.42. The molecule has 0 N–H and O–H groups in total. The van der Waals surface area contributed by atoms with Gasteiger partial charge in [-0.15, -0.1) is 0 Å². The Morgan fingerprint density at radius 2 is 2.40 bits per heavy atom. The van der Waals surface area contributed by atoms with Gasteiger partial charge in [0.15, 0.2) is 0 Å². The highest BCUT2D eigenvalue weighted by molar-refractivity contribution is 7.85. The summed E-state index contributed by atoms with van der Waals surface area (Å²) >= 11 is 0. The first-order valence-electron chi connectivity index (χ1n) is 4.38. The van der Waals surface area contributed by atoms with Gasteiger partial charge >= 0.3 is 0 Å². The van der Waals surface area contributed by atoms with Crippen LogP contribution in [0, 0.1) is 0 Å². The van der Waals surface area contributed by atoms with Gasteiger partial charge in [-0.1, -0.05) is 0 Å². The lowest BCUT2D eigenvalue weighted by atomic mass is 10.4. The predicted molar refractivity (Wildman–Crippen MR) is 54.3 cm³/mol. The van der Waals surface area contributed by atoms with E-state index < -0.39 is 10.1 Å². The van der Waals surface area contributed by atoms with Gasteiger partial charge in [-0.05, 0) is 12.1 Å². The van der Waals surface area contributed by atoms with E-state index in [1.807, 2.05) is 22.9 Å². The third-order valence-electron chi connectivity index (χ3n) is 1.97. The minimum absolute atomic E-state index is 0.0591. The molecule has 0 unspecified atom stereocenters. The van der Waals surface area contributed by atoms with Gasteiger partial charge in [-0.2, -0.15) is 8.42 Å². The van der Waals surface area contributed by atoms with Crippen molar-refractivity contribution in [2.45, 2.75) is 6.61 Å². The van der Waals surface area contributed by atoms with E-state index in [0.29, 0.717) is 12.4 Å². The number of ether oxygens (including phenoxy) is 1. The molecule has 2 heterocycles. The number of hydrogen-bond donors (Lipinski definition) is 0. The van der Waals surface area contributed by atoms with Crippen molar-refractivity contribution >= 4 is 16.3 Å². The summed E-state index contributed by atoms with van der Waals surface area (Å²) in [6.07, 6.45) is 4.60. The van der Waals surface area contributed by atoms with Crippen molar-refractivity contribution in [3.63, 3.8) is 0 Å². The van der Waals surface area contributed by atoms with Gasteiger partial charge in [0.25, 0.3) is 10.1 Å². The van der Waals surface area contributed by atoms with Gasteiger partial charge in [0.1, 0.15) is 19.0 Å². The molecule has 5 nitrogen and oxygen atoms in total. The number of nitrogens with zero attached hydrogens (tertiary/aromatic N) is 1. The van der Waals surface area contributed by atoms with Crippen molar-refractivity contribution in [1.29, 1.82) is 0 Å². The van der Waals surface area contributed by atoms with Crippen LogP contribution in [0.3, 0.4) is 0 Å². The van der Waals surface area contributed by atoms with E-state index in [1.165, 1.54) is 0 Å². The van der Waals surface area contributed by atoms with E-state index in [-0.39, 0.29) is 6.61 Å². The second kappa shape index (κ2) is 3.71. The van der Waals surface area contributed by atoms with Crippen molar-refractivity contribution in [2.24, 2.45) is 0 Å². The maximum absolute atomic E-state index is 10.8. The van der Waals surface area contributed by atoms with Crippen LogP contribution in [0.25, 0.3) is 6.20 Å². The molecule has 15 heavy (non-hydrogen) atoms. The van der Waals surface area contributed by atoms with Gasteiger partial charge in [-0.25, -0.2) is 0 Å². The van der Waals surface area contributed by atoms with E-state index in [2.05, 4.69) is 4.18 Å². The molecule has 2 rings (SSSR count). The van der Waals surface area contributed by atoms with Crippen LogP contribution in [0.1, 0.15) is 5.69 Å². The quantitative estimate of drug-likeness (QED) is 0.719. The lowest BCUT2D eigenvalue weighted by Crippen LogP contribution is -2.13. The van der Waals surface area contributed by atoms with Crippen molar-refractivity contribution in [3.05, 3.63) is 29.8 Å². The topological polar surface area (TPSA) is 57.5 Å². The van der Waals surface area contributed by atoms with Gasteiger partial charge < -0.3 is 9.30 Å². The zero-order chi connectivity index (χ0) is 10.9. The van der Waals surface area contributed by atoms with Crippen molar-refractivity contribution in [1.82, 2.24) is 4.57 Å². The largest absolute Gasteiger partial charge is 0.488 e. The van der Waals surface area contributed by atoms with Crippen LogP contribution in [0.15, 0.2) is 24.1 Å². The Hall–Kier alpha value is -1.27. The van der Waals surface area contributed by atoms with E-state index in [0.717, 1.165) is 11.9 Å². The average Bonchev–Trinajstić information content (AvgIpc) is 2.60. The lowest BCUT2D eigenvalue weighted by molar-refractivity contribution is 0.152. The maximum Gasteiger partial charge on any atom is 0.264 e. The van der Waals surface area contributed by atoms with Gasteiger partial charge in [0, 0.05) is 12.4 Å². The molecular formula is C9H11NO4S. The number of hydrogen-bond acceptors (Lipinski definition) is 4. The third-order valence-corrected chi connectivity index (χ3v) is 2.52. The molecule has 6 heteroatoms. The molecule has 0 spiro atoms. The van der Waals surface area contributed by atoms with Gasteiger partial charge in [0.2, 0.25) is 0 Å². The van der Waals surface area contributed by atoms with Crippen LogP contribution >= 0.6 is 0 Å². The van der Waals surface area contributed by atoms with Crippen LogP contribution in [0.4, 0.5) is 0 Å². The zero-order valence-corrected chi connectivity index (χ0v) is 9.03. The highest BCUT2D eigenvalue weighted by Gasteiger charge is 2.12. The fourth-order valence-corrected chi connectivity index (χ4v) is 1.61. The van der Waals surface area contributed by atoms with E-state index in [9.17, 15) is 8.42 Å². The highest BCUT2D eigenvalue weighted by atomic mass is 32.2. The van der Waals surface area contributed by atoms with Crippen LogP contribution < -0.4 is 0 Å². The Morgan fingerprint density at radius 1 is 1.60 bits per heavy atom. The average molecular weight is 229 g/mol. The summed E-state index contributed by atoms with van der Waals surface area (Å²) in [4.78, 5) is 0. The number of fused-ring (bicyclic) bond motifs is 1. The predicted octanol–water partition coefficient (Wildman–Crippen LogP) is 0.793. The standard InChI is InChI=1S/C9H11NO4S/c1-15(11,12)14-7-9-5-10-4-2-3-8(10)6-13-9/h2-5H,6-7H2,1H3. The number of aromatic nitrogens is 1. The molecule has 1 aliphatic rings. The summed E-state index contributed by atoms with van der Waals surface area (Å²) in [6, 6.07) is 3.83. The first kappa shape index (κ1) is 10.3. The van der Waals surface area contributed by atoms with Gasteiger partial charge in [0.05, 0.1) is 11.9 Å². The first-order valence-corrected chi connectivity index (χ1v) is 6.20. The molecule has 0 atom stereocenters. The van der Waals surface area contributed by atoms with Crippen molar-refractivity contribution < 1.29 is 17.3 Å². The third kappa shape index (κ3) is 2.60. The van der Waals surface area contributed by atoms with Crippen LogP contribution in [-0.4, -0.2) is 25.8 Å². The van der Waals surface area contributed by atoms with Crippen LogP contribution in [-0.2, 0) is 25.6 Å². The first-order chi connectivity index (χ1) is 7.04. The smallest absolute Gasteiger partial charge is 0.264 e. The lowest BCUT2D eigenvalue weighted by Gasteiger charge is -2.16. The normalized spacial score (nSPS) is 15.4. The van der Waals surface area contributed by atoms with Crippen LogP contribution in [0.2, 0.25) is 0 Å². The summed E-state index contributed by atoms with van der Waals surface area (Å²) in [5.41, 5.74) is 1.03. The highest BCUT2D eigenvalue weighted by Crippen LogP contribution is 2.16. The summed E-state index contributed by atoms with van der Waals surface area (Å²) in [5, 5.41) is 0. The zero-order valence-electron chi connectivity index (χ0n) is 8.21. The fraction of sp³-hybridized carbons (Fsp3) is 0.333. The molecule has 1 aromatic rings. The van der Waals surface area contributed by atoms with Crippen molar-refractivity contribution in [2.75, 3.05) is 12.9 Å².